The quantitative estimate of drug-likeness (QED) is 0.777. The van der Waals surface area contributed by atoms with Crippen LogP contribution in [-0.2, 0) is 10.0 Å². The van der Waals surface area contributed by atoms with Gasteiger partial charge in [-0.2, -0.15) is 4.98 Å². The van der Waals surface area contributed by atoms with Crippen molar-refractivity contribution < 1.29 is 12.8 Å². The van der Waals surface area contributed by atoms with Crippen molar-refractivity contribution in [3.8, 4) is 11.3 Å². The van der Waals surface area contributed by atoms with Gasteiger partial charge in [-0.25, -0.2) is 13.1 Å². The van der Waals surface area contributed by atoms with E-state index in [4.69, 9.17) is 4.42 Å². The van der Waals surface area contributed by atoms with Crippen molar-refractivity contribution >= 4 is 16.0 Å². The second-order valence-electron chi connectivity index (χ2n) is 8.23. The first-order valence-electron chi connectivity index (χ1n) is 9.51. The number of nitrogens with one attached hydrogen (secondary N) is 2. The molecule has 1 aromatic heterocycles. The van der Waals surface area contributed by atoms with Gasteiger partial charge >= 0.3 is 0 Å². The van der Waals surface area contributed by atoms with Gasteiger partial charge in [-0.3, -0.25) is 0 Å². The molecule has 0 aliphatic heterocycles. The summed E-state index contributed by atoms with van der Waals surface area (Å²) >= 11 is 0. The molecule has 0 radical (unpaired) electrons. The zero-order valence-electron chi connectivity index (χ0n) is 16.2. The fourth-order valence-corrected chi connectivity index (χ4v) is 4.10. The summed E-state index contributed by atoms with van der Waals surface area (Å²) in [6, 6.07) is 10.8. The fraction of sp³-hybridized carbons (Fsp3) is 0.550. The highest BCUT2D eigenvalue weighted by Gasteiger charge is 2.30. The highest BCUT2D eigenvalue weighted by atomic mass is 32.2. The van der Waals surface area contributed by atoms with E-state index >= 15 is 0 Å². The molecule has 3 rings (SSSR count). The summed E-state index contributed by atoms with van der Waals surface area (Å²) in [5.74, 6) is 0.379. The predicted molar refractivity (Wildman–Crippen MR) is 108 cm³/mol. The van der Waals surface area contributed by atoms with Crippen molar-refractivity contribution in [1.82, 2.24) is 9.71 Å². The van der Waals surface area contributed by atoms with Crippen molar-refractivity contribution in [2.24, 2.45) is 5.92 Å². The number of aromatic nitrogens is 1. The Balaban J connectivity index is 1.47. The first kappa shape index (κ1) is 19.9. The molecule has 1 heterocycles. The van der Waals surface area contributed by atoms with Crippen molar-refractivity contribution in [2.75, 3.05) is 11.9 Å². The van der Waals surface area contributed by atoms with Crippen molar-refractivity contribution in [1.29, 1.82) is 0 Å². The number of hydrogen-bond acceptors (Lipinski definition) is 5. The number of benzene rings is 1. The minimum atomic E-state index is -3.27. The van der Waals surface area contributed by atoms with Gasteiger partial charge in [-0.05, 0) is 52.4 Å². The van der Waals surface area contributed by atoms with Crippen LogP contribution in [0.1, 0.15) is 46.5 Å². The maximum Gasteiger partial charge on any atom is 0.295 e. The van der Waals surface area contributed by atoms with E-state index in [-0.39, 0.29) is 0 Å². The van der Waals surface area contributed by atoms with E-state index < -0.39 is 14.8 Å². The van der Waals surface area contributed by atoms with E-state index in [0.29, 0.717) is 24.5 Å². The maximum absolute atomic E-state index is 12.2. The molecule has 0 atom stereocenters. The van der Waals surface area contributed by atoms with E-state index in [2.05, 4.69) is 15.0 Å². The third-order valence-corrected chi connectivity index (χ3v) is 7.28. The van der Waals surface area contributed by atoms with Crippen LogP contribution in [0.4, 0.5) is 6.01 Å². The zero-order valence-corrected chi connectivity index (χ0v) is 17.1. The van der Waals surface area contributed by atoms with Gasteiger partial charge in [0.25, 0.3) is 6.01 Å². The molecule has 7 heteroatoms. The number of sulfonamides is 1. The molecule has 6 nitrogen and oxygen atoms in total. The molecule has 1 saturated carbocycles. The molecule has 0 unspecified atom stereocenters. The molecular formula is C20H29N3O3S. The van der Waals surface area contributed by atoms with Gasteiger partial charge in [0.2, 0.25) is 10.0 Å². The van der Waals surface area contributed by atoms with Crippen LogP contribution in [0.5, 0.6) is 0 Å². The van der Waals surface area contributed by atoms with Crippen LogP contribution >= 0.6 is 0 Å². The third-order valence-electron chi connectivity index (χ3n) is 5.12. The summed E-state index contributed by atoms with van der Waals surface area (Å²) in [6.45, 7) is 5.67. The second kappa shape index (κ2) is 8.02. The van der Waals surface area contributed by atoms with Gasteiger partial charge in [-0.15, -0.1) is 0 Å². The molecule has 0 amide bonds. The second-order valence-corrected chi connectivity index (χ2v) is 10.8. The summed E-state index contributed by atoms with van der Waals surface area (Å²) in [6.07, 6.45) is 5.59. The molecule has 2 N–H and O–H groups in total. The Morgan fingerprint density at radius 1 is 1.11 bits per heavy atom. The lowest BCUT2D eigenvalue weighted by Gasteiger charge is -2.29. The lowest BCUT2D eigenvalue weighted by atomic mass is 9.86. The molecule has 27 heavy (non-hydrogen) atoms. The molecule has 0 spiro atoms. The summed E-state index contributed by atoms with van der Waals surface area (Å²) in [5.41, 5.74) is 1.85. The standard InChI is InChI=1S/C20H29N3O3S/c1-20(2,3)27(24,25)21-13-15-9-11-17(12-10-15)22-19-23-18(14-26-19)16-7-5-4-6-8-16/h4-8,14-15,17,21H,9-13H2,1-3H3,(H,22,23). The highest BCUT2D eigenvalue weighted by molar-refractivity contribution is 7.90. The van der Waals surface area contributed by atoms with Crippen LogP contribution in [0.15, 0.2) is 41.0 Å². The molecule has 2 aromatic rings. The maximum atomic E-state index is 12.2. The molecule has 0 bridgehead atoms. The average molecular weight is 392 g/mol. The molecular weight excluding hydrogens is 362 g/mol. The number of oxazole rings is 1. The van der Waals surface area contributed by atoms with Gasteiger partial charge in [0.1, 0.15) is 12.0 Å². The number of hydrogen-bond donors (Lipinski definition) is 2. The minimum absolute atomic E-state index is 0.308. The Kier molecular flexibility index (Phi) is 5.91. The smallest absolute Gasteiger partial charge is 0.295 e. The van der Waals surface area contributed by atoms with Crippen LogP contribution in [0.25, 0.3) is 11.3 Å². The first-order valence-corrected chi connectivity index (χ1v) is 11.0. The van der Waals surface area contributed by atoms with Crippen molar-refractivity contribution in [3.05, 3.63) is 36.6 Å². The summed E-state index contributed by atoms with van der Waals surface area (Å²) < 4.78 is 31.9. The average Bonchev–Trinajstić information content (AvgIpc) is 3.09. The fourth-order valence-electron chi connectivity index (χ4n) is 3.21. The van der Waals surface area contributed by atoms with Gasteiger partial charge in [0.15, 0.2) is 0 Å². The summed E-state index contributed by atoms with van der Waals surface area (Å²) in [5, 5.41) is 3.37. The van der Waals surface area contributed by atoms with E-state index in [9.17, 15) is 8.42 Å². The minimum Gasteiger partial charge on any atom is -0.432 e. The van der Waals surface area contributed by atoms with E-state index in [1.165, 1.54) is 0 Å². The van der Waals surface area contributed by atoms with E-state index in [1.807, 2.05) is 30.3 Å². The van der Waals surface area contributed by atoms with Gasteiger partial charge in [0, 0.05) is 18.2 Å². The molecule has 1 aliphatic rings. The molecule has 148 valence electrons. The number of rotatable bonds is 6. The molecule has 1 aliphatic carbocycles. The predicted octanol–water partition coefficient (Wildman–Crippen LogP) is 4.03. The van der Waals surface area contributed by atoms with Crippen LogP contribution in [0.3, 0.4) is 0 Å². The molecule has 1 aromatic carbocycles. The topological polar surface area (TPSA) is 84.2 Å². The van der Waals surface area contributed by atoms with Gasteiger partial charge < -0.3 is 9.73 Å². The summed E-state index contributed by atoms with van der Waals surface area (Å²) in [4.78, 5) is 4.52. The van der Waals surface area contributed by atoms with Crippen LogP contribution in [0.2, 0.25) is 0 Å². The SMILES string of the molecule is CC(C)(C)S(=O)(=O)NCC1CCC(Nc2nc(-c3ccccc3)co2)CC1. The molecule has 1 fully saturated rings. The Bertz CT molecular complexity index is 833. The number of nitrogens with zero attached hydrogens (tertiary/aromatic N) is 1. The normalized spacial score (nSPS) is 21.1. The Morgan fingerprint density at radius 3 is 2.41 bits per heavy atom. The van der Waals surface area contributed by atoms with Crippen LogP contribution < -0.4 is 10.0 Å². The Morgan fingerprint density at radius 2 is 1.78 bits per heavy atom. The third kappa shape index (κ3) is 5.11. The molecule has 0 saturated heterocycles. The number of anilines is 1. The lowest BCUT2D eigenvalue weighted by Crippen LogP contribution is -2.42. The van der Waals surface area contributed by atoms with E-state index in [0.717, 1.165) is 36.9 Å². The Hall–Kier alpha value is -1.86. The van der Waals surface area contributed by atoms with Crippen molar-refractivity contribution in [2.45, 2.75) is 57.2 Å². The van der Waals surface area contributed by atoms with E-state index in [1.54, 1.807) is 27.0 Å². The highest BCUT2D eigenvalue weighted by Crippen LogP contribution is 2.28. The van der Waals surface area contributed by atoms with Gasteiger partial charge in [-0.1, -0.05) is 30.3 Å². The van der Waals surface area contributed by atoms with Crippen LogP contribution in [0, 0.1) is 5.92 Å². The van der Waals surface area contributed by atoms with Crippen LogP contribution in [-0.4, -0.2) is 30.7 Å². The lowest BCUT2D eigenvalue weighted by molar-refractivity contribution is 0.333. The zero-order chi connectivity index (χ0) is 19.5. The largest absolute Gasteiger partial charge is 0.432 e. The first-order chi connectivity index (χ1) is 12.7. The van der Waals surface area contributed by atoms with Gasteiger partial charge in [0.05, 0.1) is 4.75 Å². The monoisotopic (exact) mass is 391 g/mol. The Labute approximate surface area is 161 Å². The summed E-state index contributed by atoms with van der Waals surface area (Å²) in [7, 11) is -3.27. The van der Waals surface area contributed by atoms with Crippen molar-refractivity contribution in [3.63, 3.8) is 0 Å².